The fraction of sp³-hybridized carbons (Fsp3) is 0.158. The molecule has 0 amide bonds. The number of hydrogen-bond donors (Lipinski definition) is 2. The van der Waals surface area contributed by atoms with Crippen molar-refractivity contribution >= 4 is 11.9 Å². The van der Waals surface area contributed by atoms with Crippen molar-refractivity contribution in [3.05, 3.63) is 69.8 Å². The predicted octanol–water partition coefficient (Wildman–Crippen LogP) is 3.15. The van der Waals surface area contributed by atoms with Gasteiger partial charge in [-0.05, 0) is 47.5 Å². The molecule has 0 saturated carbocycles. The minimum absolute atomic E-state index is 0.0305. The number of carboxylic acid groups (broad SMARTS) is 2. The molecule has 0 aliphatic rings. The van der Waals surface area contributed by atoms with Gasteiger partial charge in [0.05, 0.1) is 34.4 Å². The highest BCUT2D eigenvalue weighted by molar-refractivity contribution is 5.89. The van der Waals surface area contributed by atoms with Crippen molar-refractivity contribution in [3.8, 4) is 12.1 Å². The maximum atomic E-state index is 11.3. The molecule has 6 nitrogen and oxygen atoms in total. The Morgan fingerprint density at radius 2 is 1.16 bits per heavy atom. The molecule has 0 bridgehead atoms. The molecule has 0 spiro atoms. The molecule has 6 heteroatoms. The second-order valence-corrected chi connectivity index (χ2v) is 6.06. The highest BCUT2D eigenvalue weighted by atomic mass is 16.4. The first-order valence-electron chi connectivity index (χ1n) is 7.27. The average molecular weight is 334 g/mol. The van der Waals surface area contributed by atoms with Crippen LogP contribution in [0.1, 0.15) is 56.8 Å². The summed E-state index contributed by atoms with van der Waals surface area (Å²) in [6.45, 7) is 3.55. The third kappa shape index (κ3) is 3.49. The van der Waals surface area contributed by atoms with E-state index >= 15 is 0 Å². The van der Waals surface area contributed by atoms with Crippen LogP contribution in [0.25, 0.3) is 0 Å². The Morgan fingerprint density at radius 1 is 0.800 bits per heavy atom. The lowest BCUT2D eigenvalue weighted by Gasteiger charge is -2.27. The van der Waals surface area contributed by atoms with Crippen molar-refractivity contribution < 1.29 is 19.8 Å². The Morgan fingerprint density at radius 3 is 1.44 bits per heavy atom. The second-order valence-electron chi connectivity index (χ2n) is 6.06. The highest BCUT2D eigenvalue weighted by Gasteiger charge is 2.26. The van der Waals surface area contributed by atoms with Crippen molar-refractivity contribution in [2.45, 2.75) is 19.3 Å². The molecule has 0 aromatic heterocycles. The van der Waals surface area contributed by atoms with E-state index in [1.807, 2.05) is 12.1 Å². The van der Waals surface area contributed by atoms with Gasteiger partial charge in [0.2, 0.25) is 0 Å². The lowest BCUT2D eigenvalue weighted by Crippen LogP contribution is -2.21. The van der Waals surface area contributed by atoms with Crippen molar-refractivity contribution in [2.24, 2.45) is 0 Å². The van der Waals surface area contributed by atoms with Gasteiger partial charge in [-0.15, -0.1) is 0 Å². The van der Waals surface area contributed by atoms with E-state index < -0.39 is 17.4 Å². The van der Waals surface area contributed by atoms with Crippen molar-refractivity contribution in [2.75, 3.05) is 0 Å². The molecule has 2 aromatic rings. The number of nitriles is 2. The van der Waals surface area contributed by atoms with Crippen LogP contribution in [-0.2, 0) is 5.41 Å². The van der Waals surface area contributed by atoms with Crippen LogP contribution in [0.15, 0.2) is 36.4 Å². The lowest BCUT2D eigenvalue weighted by atomic mass is 9.76. The van der Waals surface area contributed by atoms with E-state index in [1.54, 1.807) is 26.0 Å². The maximum Gasteiger partial charge on any atom is 0.335 e. The van der Waals surface area contributed by atoms with Crippen molar-refractivity contribution in [1.82, 2.24) is 0 Å². The molecule has 2 aromatic carbocycles. The Hall–Kier alpha value is -3.64. The van der Waals surface area contributed by atoms with Gasteiger partial charge in [-0.1, -0.05) is 13.8 Å². The predicted molar refractivity (Wildman–Crippen MR) is 88.4 cm³/mol. The number of rotatable bonds is 4. The van der Waals surface area contributed by atoms with Gasteiger partial charge in [-0.25, -0.2) is 9.59 Å². The van der Waals surface area contributed by atoms with Gasteiger partial charge in [-0.3, -0.25) is 0 Å². The molecule has 0 heterocycles. The second kappa shape index (κ2) is 6.46. The Kier molecular flexibility index (Phi) is 4.58. The van der Waals surface area contributed by atoms with Crippen LogP contribution >= 0.6 is 0 Å². The van der Waals surface area contributed by atoms with Gasteiger partial charge in [0.1, 0.15) is 0 Å². The third-order valence-electron chi connectivity index (χ3n) is 4.06. The zero-order valence-corrected chi connectivity index (χ0v) is 13.6. The zero-order chi connectivity index (χ0) is 18.8. The minimum atomic E-state index is -1.16. The Labute approximate surface area is 144 Å². The molecule has 0 aliphatic heterocycles. The van der Waals surface area contributed by atoms with Crippen LogP contribution in [0.3, 0.4) is 0 Å². The summed E-state index contributed by atoms with van der Waals surface area (Å²) in [5.74, 6) is -2.32. The van der Waals surface area contributed by atoms with Crippen molar-refractivity contribution in [3.63, 3.8) is 0 Å². The van der Waals surface area contributed by atoms with Gasteiger partial charge >= 0.3 is 11.9 Å². The average Bonchev–Trinajstić information content (AvgIpc) is 2.60. The van der Waals surface area contributed by atoms with Gasteiger partial charge in [0.25, 0.3) is 0 Å². The van der Waals surface area contributed by atoms with Gasteiger partial charge in [0.15, 0.2) is 0 Å². The zero-order valence-electron chi connectivity index (χ0n) is 13.6. The molecule has 0 saturated heterocycles. The highest BCUT2D eigenvalue weighted by Crippen LogP contribution is 2.34. The minimum Gasteiger partial charge on any atom is -0.478 e. The number of aromatic carboxylic acids is 2. The van der Waals surface area contributed by atoms with Crippen LogP contribution in [0, 0.1) is 22.7 Å². The number of nitrogens with zero attached hydrogens (tertiary/aromatic N) is 2. The first-order valence-corrected chi connectivity index (χ1v) is 7.27. The maximum absolute atomic E-state index is 11.3. The SMILES string of the molecule is CC(C)(c1cc(C#N)cc(C(=O)O)c1)c1cc(C#N)cc(C(=O)O)c1. The third-order valence-corrected chi connectivity index (χ3v) is 4.06. The molecule has 25 heavy (non-hydrogen) atoms. The fourth-order valence-electron chi connectivity index (χ4n) is 2.52. The van der Waals surface area contributed by atoms with E-state index in [2.05, 4.69) is 0 Å². The molecule has 0 atom stereocenters. The summed E-state index contributed by atoms with van der Waals surface area (Å²) in [5.41, 5.74) is 0.587. The summed E-state index contributed by atoms with van der Waals surface area (Å²) in [4.78, 5) is 22.6. The summed E-state index contributed by atoms with van der Waals surface area (Å²) >= 11 is 0. The van der Waals surface area contributed by atoms with Crippen LogP contribution in [-0.4, -0.2) is 22.2 Å². The Bertz CT molecular complexity index is 885. The van der Waals surface area contributed by atoms with Crippen LogP contribution in [0.2, 0.25) is 0 Å². The van der Waals surface area contributed by atoms with Crippen LogP contribution in [0.5, 0.6) is 0 Å². The molecule has 0 aliphatic carbocycles. The van der Waals surface area contributed by atoms with Gasteiger partial charge in [-0.2, -0.15) is 10.5 Å². The summed E-state index contributed by atoms with van der Waals surface area (Å²) in [6.07, 6.45) is 0. The fourth-order valence-corrected chi connectivity index (χ4v) is 2.52. The molecule has 0 fully saturated rings. The standard InChI is InChI=1S/C19H14N2O4/c1-19(2,15-5-11(9-20)3-13(7-15)17(22)23)16-6-12(10-21)4-14(8-16)18(24)25/h3-8H,1-2H3,(H,22,23)(H,24,25). The summed E-state index contributed by atoms with van der Waals surface area (Å²) < 4.78 is 0. The van der Waals surface area contributed by atoms with Crippen LogP contribution in [0.4, 0.5) is 0 Å². The monoisotopic (exact) mass is 334 g/mol. The quantitative estimate of drug-likeness (QED) is 0.885. The van der Waals surface area contributed by atoms with Gasteiger partial charge < -0.3 is 10.2 Å². The van der Waals surface area contributed by atoms with E-state index in [0.717, 1.165) is 0 Å². The number of benzene rings is 2. The molecule has 2 N–H and O–H groups in total. The summed E-state index contributed by atoms with van der Waals surface area (Å²) in [5, 5.41) is 36.7. The largest absolute Gasteiger partial charge is 0.478 e. The number of hydrogen-bond acceptors (Lipinski definition) is 4. The molecular formula is C19H14N2O4. The smallest absolute Gasteiger partial charge is 0.335 e. The number of carboxylic acids is 2. The number of carbonyl (C=O) groups is 2. The molecule has 124 valence electrons. The summed E-state index contributed by atoms with van der Waals surface area (Å²) in [7, 11) is 0. The normalized spacial score (nSPS) is 10.6. The topological polar surface area (TPSA) is 122 Å². The van der Waals surface area contributed by atoms with Crippen molar-refractivity contribution in [1.29, 1.82) is 10.5 Å². The summed E-state index contributed by atoms with van der Waals surface area (Å²) in [6, 6.07) is 12.4. The Balaban J connectivity index is 2.71. The lowest BCUT2D eigenvalue weighted by molar-refractivity contribution is 0.0686. The van der Waals surface area contributed by atoms with E-state index in [1.165, 1.54) is 24.3 Å². The molecule has 0 radical (unpaired) electrons. The first-order chi connectivity index (χ1) is 11.7. The molecule has 0 unspecified atom stereocenters. The van der Waals surface area contributed by atoms with E-state index in [0.29, 0.717) is 11.1 Å². The van der Waals surface area contributed by atoms with E-state index in [4.69, 9.17) is 10.5 Å². The van der Waals surface area contributed by atoms with Gasteiger partial charge in [0, 0.05) is 5.41 Å². The molecule has 2 rings (SSSR count). The van der Waals surface area contributed by atoms with E-state index in [9.17, 15) is 19.8 Å². The first kappa shape index (κ1) is 17.7. The van der Waals surface area contributed by atoms with Crippen LogP contribution < -0.4 is 0 Å². The van der Waals surface area contributed by atoms with E-state index in [-0.39, 0.29) is 22.3 Å². The molecular weight excluding hydrogens is 320 g/mol.